The van der Waals surface area contributed by atoms with E-state index in [9.17, 15) is 14.9 Å². The number of pyridine rings is 1. The van der Waals surface area contributed by atoms with Crippen LogP contribution in [0.4, 0.5) is 5.69 Å². The molecular formula is C18H16N6O3. The third kappa shape index (κ3) is 3.26. The van der Waals surface area contributed by atoms with E-state index in [-0.39, 0.29) is 23.8 Å². The zero-order chi connectivity index (χ0) is 19.0. The molecule has 0 saturated heterocycles. The Hall–Kier alpha value is -3.62. The lowest BCUT2D eigenvalue weighted by molar-refractivity contribution is -0.385. The first kappa shape index (κ1) is 16.8. The van der Waals surface area contributed by atoms with Gasteiger partial charge in [0.05, 0.1) is 16.8 Å². The van der Waals surface area contributed by atoms with Crippen molar-refractivity contribution >= 4 is 11.6 Å². The Bertz CT molecular complexity index is 1030. The van der Waals surface area contributed by atoms with Crippen molar-refractivity contribution in [1.82, 2.24) is 24.9 Å². The largest absolute Gasteiger partial charge is 0.332 e. The number of hydrogen-bond acceptors (Lipinski definition) is 6. The first-order valence-corrected chi connectivity index (χ1v) is 8.42. The number of amides is 1. The Morgan fingerprint density at radius 2 is 2.04 bits per heavy atom. The molecule has 4 rings (SSSR count). The van der Waals surface area contributed by atoms with Crippen LogP contribution in [-0.4, -0.2) is 42.3 Å². The van der Waals surface area contributed by atoms with Crippen molar-refractivity contribution in [2.24, 2.45) is 0 Å². The van der Waals surface area contributed by atoms with E-state index in [0.717, 1.165) is 16.9 Å². The molecule has 0 N–H and O–H groups in total. The Morgan fingerprint density at radius 1 is 1.26 bits per heavy atom. The van der Waals surface area contributed by atoms with Gasteiger partial charge in [-0.05, 0) is 24.6 Å². The number of carbonyl (C=O) groups is 1. The van der Waals surface area contributed by atoms with Crippen molar-refractivity contribution in [2.45, 2.75) is 19.9 Å². The molecule has 9 heteroatoms. The predicted octanol–water partition coefficient (Wildman–Crippen LogP) is 2.08. The lowest BCUT2D eigenvalue weighted by Gasteiger charge is -2.27. The number of aryl methyl sites for hydroxylation is 1. The maximum Gasteiger partial charge on any atom is 0.287 e. The number of hydrogen-bond donors (Lipinski definition) is 0. The Labute approximate surface area is 154 Å². The van der Waals surface area contributed by atoms with Crippen LogP contribution in [0.3, 0.4) is 0 Å². The minimum absolute atomic E-state index is 0.0756. The second kappa shape index (κ2) is 6.60. The Kier molecular flexibility index (Phi) is 4.11. The van der Waals surface area contributed by atoms with Gasteiger partial charge in [0.1, 0.15) is 6.20 Å². The molecule has 0 atom stereocenters. The molecule has 0 saturated carbocycles. The number of carbonyl (C=O) groups excluding carboxylic acids is 1. The van der Waals surface area contributed by atoms with Gasteiger partial charge in [0.2, 0.25) is 0 Å². The molecule has 0 spiro atoms. The van der Waals surface area contributed by atoms with Crippen LogP contribution in [-0.2, 0) is 13.0 Å². The fourth-order valence-corrected chi connectivity index (χ4v) is 3.03. The zero-order valence-electron chi connectivity index (χ0n) is 14.6. The van der Waals surface area contributed by atoms with Gasteiger partial charge < -0.3 is 4.90 Å². The fourth-order valence-electron chi connectivity index (χ4n) is 3.03. The molecule has 0 fully saturated rings. The van der Waals surface area contributed by atoms with Gasteiger partial charge in [-0.2, -0.15) is 0 Å². The Morgan fingerprint density at radius 3 is 2.78 bits per heavy atom. The summed E-state index contributed by atoms with van der Waals surface area (Å²) >= 11 is 0. The number of nitro groups is 1. The maximum absolute atomic E-state index is 12.8. The van der Waals surface area contributed by atoms with E-state index >= 15 is 0 Å². The summed E-state index contributed by atoms with van der Waals surface area (Å²) in [6.45, 7) is 2.74. The van der Waals surface area contributed by atoms with Crippen molar-refractivity contribution in [2.75, 3.05) is 6.54 Å². The molecule has 1 aliphatic rings. The summed E-state index contributed by atoms with van der Waals surface area (Å²) in [6, 6.07) is 9.20. The molecule has 0 aliphatic carbocycles. The molecule has 1 aromatic carbocycles. The van der Waals surface area contributed by atoms with E-state index in [1.807, 2.05) is 31.2 Å². The van der Waals surface area contributed by atoms with E-state index in [4.69, 9.17) is 0 Å². The SMILES string of the molecule is Cc1ccc(-n2cc(C(=O)N3CCc4ncc([N+](=O)[O-])cc4C3)nn2)cc1. The molecule has 0 radical (unpaired) electrons. The first-order chi connectivity index (χ1) is 13.0. The predicted molar refractivity (Wildman–Crippen MR) is 95.4 cm³/mol. The minimum Gasteiger partial charge on any atom is -0.332 e. The van der Waals surface area contributed by atoms with Crippen molar-refractivity contribution in [3.63, 3.8) is 0 Å². The van der Waals surface area contributed by atoms with Gasteiger partial charge >= 0.3 is 0 Å². The monoisotopic (exact) mass is 364 g/mol. The molecule has 27 heavy (non-hydrogen) atoms. The van der Waals surface area contributed by atoms with Gasteiger partial charge in [-0.25, -0.2) is 4.68 Å². The molecule has 1 aliphatic heterocycles. The van der Waals surface area contributed by atoms with Gasteiger partial charge in [-0.1, -0.05) is 22.9 Å². The highest BCUT2D eigenvalue weighted by Crippen LogP contribution is 2.22. The van der Waals surface area contributed by atoms with Crippen molar-refractivity contribution in [3.8, 4) is 5.69 Å². The van der Waals surface area contributed by atoms with Gasteiger partial charge in [-0.3, -0.25) is 19.9 Å². The summed E-state index contributed by atoms with van der Waals surface area (Å²) in [5.41, 5.74) is 3.58. The second-order valence-corrected chi connectivity index (χ2v) is 6.42. The van der Waals surface area contributed by atoms with Crippen LogP contribution >= 0.6 is 0 Å². The first-order valence-electron chi connectivity index (χ1n) is 8.42. The number of rotatable bonds is 3. The molecule has 0 unspecified atom stereocenters. The van der Waals surface area contributed by atoms with Crippen molar-refractivity contribution < 1.29 is 9.72 Å². The lowest BCUT2D eigenvalue weighted by atomic mass is 10.0. The molecule has 2 aromatic heterocycles. The quantitative estimate of drug-likeness (QED) is 0.520. The summed E-state index contributed by atoms with van der Waals surface area (Å²) in [4.78, 5) is 29.0. The topological polar surface area (TPSA) is 107 Å². The maximum atomic E-state index is 12.8. The van der Waals surface area contributed by atoms with Gasteiger partial charge in [0, 0.05) is 31.3 Å². The second-order valence-electron chi connectivity index (χ2n) is 6.42. The van der Waals surface area contributed by atoms with Gasteiger partial charge in [0.25, 0.3) is 11.6 Å². The summed E-state index contributed by atoms with van der Waals surface area (Å²) in [5, 5.41) is 19.0. The summed E-state index contributed by atoms with van der Waals surface area (Å²) in [6.07, 6.45) is 3.39. The smallest absolute Gasteiger partial charge is 0.287 e. The fraction of sp³-hybridized carbons (Fsp3) is 0.222. The number of fused-ring (bicyclic) bond motifs is 1. The van der Waals surface area contributed by atoms with E-state index in [1.54, 1.807) is 15.8 Å². The van der Waals surface area contributed by atoms with Crippen LogP contribution in [0, 0.1) is 17.0 Å². The normalized spacial score (nSPS) is 13.3. The molecule has 0 bridgehead atoms. The van der Waals surface area contributed by atoms with Gasteiger partial charge in [-0.15, -0.1) is 5.10 Å². The number of benzene rings is 1. The van der Waals surface area contributed by atoms with Gasteiger partial charge in [0.15, 0.2) is 5.69 Å². The molecule has 9 nitrogen and oxygen atoms in total. The third-order valence-electron chi connectivity index (χ3n) is 4.53. The highest BCUT2D eigenvalue weighted by Gasteiger charge is 2.26. The average Bonchev–Trinajstić information content (AvgIpc) is 3.17. The highest BCUT2D eigenvalue weighted by atomic mass is 16.6. The molecule has 136 valence electrons. The summed E-state index contributed by atoms with van der Waals surface area (Å²) in [7, 11) is 0. The lowest BCUT2D eigenvalue weighted by Crippen LogP contribution is -2.36. The molecule has 1 amide bonds. The van der Waals surface area contributed by atoms with Crippen LogP contribution in [0.1, 0.15) is 27.3 Å². The highest BCUT2D eigenvalue weighted by molar-refractivity contribution is 5.92. The van der Waals surface area contributed by atoms with Crippen LogP contribution in [0.5, 0.6) is 0 Å². The third-order valence-corrected chi connectivity index (χ3v) is 4.53. The van der Waals surface area contributed by atoms with Crippen molar-refractivity contribution in [1.29, 1.82) is 0 Å². The number of nitrogens with zero attached hydrogens (tertiary/aromatic N) is 6. The van der Waals surface area contributed by atoms with E-state index < -0.39 is 4.92 Å². The summed E-state index contributed by atoms with van der Waals surface area (Å²) in [5.74, 6) is -0.259. The van der Waals surface area contributed by atoms with Crippen LogP contribution in [0.15, 0.2) is 42.7 Å². The molecular weight excluding hydrogens is 348 g/mol. The van der Waals surface area contributed by atoms with E-state index in [2.05, 4.69) is 15.3 Å². The van der Waals surface area contributed by atoms with Crippen LogP contribution < -0.4 is 0 Å². The Balaban J connectivity index is 1.55. The standard InChI is InChI=1S/C18H16N6O3/c1-12-2-4-14(5-3-12)23-11-17(20-21-23)18(25)22-7-6-16-13(10-22)8-15(9-19-16)24(26)27/h2-5,8-9,11H,6-7,10H2,1H3. The van der Waals surface area contributed by atoms with Crippen LogP contribution in [0.2, 0.25) is 0 Å². The summed E-state index contributed by atoms with van der Waals surface area (Å²) < 4.78 is 1.55. The van der Waals surface area contributed by atoms with Crippen LogP contribution in [0.25, 0.3) is 5.69 Å². The van der Waals surface area contributed by atoms with E-state index in [1.165, 1.54) is 12.3 Å². The zero-order valence-corrected chi connectivity index (χ0v) is 14.6. The number of aromatic nitrogens is 4. The molecule has 3 heterocycles. The van der Waals surface area contributed by atoms with E-state index in [0.29, 0.717) is 18.5 Å². The minimum atomic E-state index is -0.485. The molecule has 3 aromatic rings. The van der Waals surface area contributed by atoms with Crippen molar-refractivity contribution in [3.05, 3.63) is 75.4 Å². The average molecular weight is 364 g/mol.